The quantitative estimate of drug-likeness (QED) is 0.528. The molecule has 1 aliphatic rings. The van der Waals surface area contributed by atoms with Crippen LogP contribution < -0.4 is 10.1 Å². The Morgan fingerprint density at radius 2 is 1.58 bits per heavy atom. The van der Waals surface area contributed by atoms with Gasteiger partial charge in [0.15, 0.2) is 0 Å². The van der Waals surface area contributed by atoms with Crippen LogP contribution in [0, 0.1) is 19.7 Å². The lowest BCUT2D eigenvalue weighted by atomic mass is 10.0. The summed E-state index contributed by atoms with van der Waals surface area (Å²) in [4.78, 5) is 27.9. The van der Waals surface area contributed by atoms with Crippen molar-refractivity contribution in [1.29, 1.82) is 0 Å². The summed E-state index contributed by atoms with van der Waals surface area (Å²) >= 11 is 0. The Balaban J connectivity index is 1.64. The maximum absolute atomic E-state index is 13.5. The molecule has 1 heterocycles. The Morgan fingerprint density at radius 3 is 2.21 bits per heavy atom. The lowest BCUT2D eigenvalue weighted by molar-refractivity contribution is -0.136. The number of benzene rings is 3. The SMILES string of the molecule is COc1ccc(CCN2C(=O)C(Nc3ccc(C)c(C)c3)=C(c3ccc(F)cc3)C2=O)cc1. The first-order valence-electron chi connectivity index (χ1n) is 10.7. The van der Waals surface area contributed by atoms with Crippen LogP contribution >= 0.6 is 0 Å². The number of rotatable bonds is 7. The van der Waals surface area contributed by atoms with Crippen LogP contribution in [0.1, 0.15) is 22.3 Å². The van der Waals surface area contributed by atoms with E-state index in [9.17, 15) is 14.0 Å². The van der Waals surface area contributed by atoms with Gasteiger partial charge < -0.3 is 10.1 Å². The van der Waals surface area contributed by atoms with Crippen LogP contribution in [0.3, 0.4) is 0 Å². The summed E-state index contributed by atoms with van der Waals surface area (Å²) in [5, 5.41) is 3.15. The van der Waals surface area contributed by atoms with Crippen LogP contribution in [0.25, 0.3) is 5.57 Å². The number of ether oxygens (including phenoxy) is 1. The second-order valence-electron chi connectivity index (χ2n) is 8.04. The third-order valence-corrected chi connectivity index (χ3v) is 5.86. The van der Waals surface area contributed by atoms with Crippen LogP contribution in [0.2, 0.25) is 0 Å². The van der Waals surface area contributed by atoms with Gasteiger partial charge >= 0.3 is 0 Å². The van der Waals surface area contributed by atoms with Gasteiger partial charge in [-0.2, -0.15) is 0 Å². The van der Waals surface area contributed by atoms with Gasteiger partial charge in [-0.3, -0.25) is 14.5 Å². The molecule has 0 atom stereocenters. The third-order valence-electron chi connectivity index (χ3n) is 5.86. The molecule has 6 heteroatoms. The minimum atomic E-state index is -0.406. The first-order chi connectivity index (χ1) is 15.9. The summed E-state index contributed by atoms with van der Waals surface area (Å²) < 4.78 is 18.7. The van der Waals surface area contributed by atoms with E-state index in [1.165, 1.54) is 29.2 Å². The molecule has 5 nitrogen and oxygen atoms in total. The predicted octanol–water partition coefficient (Wildman–Crippen LogP) is 4.89. The molecule has 0 unspecified atom stereocenters. The highest BCUT2D eigenvalue weighted by Gasteiger charge is 2.39. The van der Waals surface area contributed by atoms with Gasteiger partial charge in [0.2, 0.25) is 0 Å². The van der Waals surface area contributed by atoms with E-state index in [1.54, 1.807) is 7.11 Å². The van der Waals surface area contributed by atoms with Crippen molar-refractivity contribution in [3.8, 4) is 5.75 Å². The Kier molecular flexibility index (Phi) is 6.27. The third kappa shape index (κ3) is 4.65. The average molecular weight is 445 g/mol. The van der Waals surface area contributed by atoms with Crippen molar-refractivity contribution >= 4 is 23.1 Å². The van der Waals surface area contributed by atoms with E-state index in [4.69, 9.17) is 4.74 Å². The van der Waals surface area contributed by atoms with Crippen molar-refractivity contribution in [2.45, 2.75) is 20.3 Å². The number of nitrogens with zero attached hydrogens (tertiary/aromatic N) is 1. The summed E-state index contributed by atoms with van der Waals surface area (Å²) in [6.45, 7) is 4.22. The minimum absolute atomic E-state index is 0.199. The number of carbonyl (C=O) groups is 2. The van der Waals surface area contributed by atoms with Crippen molar-refractivity contribution in [2.75, 3.05) is 19.0 Å². The molecular weight excluding hydrogens is 419 g/mol. The number of anilines is 1. The lowest BCUT2D eigenvalue weighted by Gasteiger charge is -2.15. The molecule has 2 amide bonds. The van der Waals surface area contributed by atoms with Crippen molar-refractivity contribution in [3.05, 3.63) is 100 Å². The number of halogens is 1. The molecular formula is C27H25FN2O3. The van der Waals surface area contributed by atoms with Crippen LogP contribution in [-0.4, -0.2) is 30.4 Å². The largest absolute Gasteiger partial charge is 0.497 e. The Labute approximate surface area is 192 Å². The van der Waals surface area contributed by atoms with Gasteiger partial charge in [-0.15, -0.1) is 0 Å². The topological polar surface area (TPSA) is 58.6 Å². The molecule has 0 radical (unpaired) electrons. The second-order valence-corrected chi connectivity index (χ2v) is 8.04. The smallest absolute Gasteiger partial charge is 0.278 e. The summed E-state index contributed by atoms with van der Waals surface area (Å²) in [5.41, 5.74) is 4.83. The van der Waals surface area contributed by atoms with E-state index in [0.29, 0.717) is 17.7 Å². The summed E-state index contributed by atoms with van der Waals surface area (Å²) in [7, 11) is 1.60. The van der Waals surface area contributed by atoms with Gasteiger partial charge in [0, 0.05) is 12.2 Å². The minimum Gasteiger partial charge on any atom is -0.497 e. The van der Waals surface area contributed by atoms with Gasteiger partial charge in [0.25, 0.3) is 11.8 Å². The van der Waals surface area contributed by atoms with E-state index in [0.717, 1.165) is 22.4 Å². The molecule has 0 aliphatic carbocycles. The van der Waals surface area contributed by atoms with Gasteiger partial charge in [0.1, 0.15) is 17.3 Å². The maximum Gasteiger partial charge on any atom is 0.278 e. The fraction of sp³-hybridized carbons (Fsp3) is 0.185. The lowest BCUT2D eigenvalue weighted by Crippen LogP contribution is -2.34. The zero-order valence-electron chi connectivity index (χ0n) is 18.8. The number of hydrogen-bond acceptors (Lipinski definition) is 4. The summed E-state index contributed by atoms with van der Waals surface area (Å²) in [6, 6.07) is 18.9. The standard InChI is InChI=1S/C27H25FN2O3/c1-17-4-11-22(16-18(17)2)29-25-24(20-7-9-21(28)10-8-20)26(31)30(27(25)32)15-14-19-5-12-23(33-3)13-6-19/h4-13,16,29H,14-15H2,1-3H3. The second kappa shape index (κ2) is 9.28. The zero-order chi connectivity index (χ0) is 23.5. The summed E-state index contributed by atoms with van der Waals surface area (Å²) in [5.74, 6) is -0.458. The zero-order valence-corrected chi connectivity index (χ0v) is 18.8. The van der Waals surface area contributed by atoms with Crippen molar-refractivity contribution in [3.63, 3.8) is 0 Å². The molecule has 0 saturated heterocycles. The van der Waals surface area contributed by atoms with Crippen molar-refractivity contribution in [1.82, 2.24) is 4.90 Å². The average Bonchev–Trinajstić information content (AvgIpc) is 3.04. The van der Waals surface area contributed by atoms with E-state index in [1.807, 2.05) is 56.3 Å². The van der Waals surface area contributed by atoms with Gasteiger partial charge in [0.05, 0.1) is 12.7 Å². The van der Waals surface area contributed by atoms with Crippen LogP contribution in [0.15, 0.2) is 72.4 Å². The van der Waals surface area contributed by atoms with Gasteiger partial charge in [-0.1, -0.05) is 30.3 Å². The van der Waals surface area contributed by atoms with E-state index in [-0.39, 0.29) is 17.8 Å². The summed E-state index contributed by atoms with van der Waals surface area (Å²) in [6.07, 6.45) is 0.509. The van der Waals surface area contributed by atoms with Crippen LogP contribution in [0.4, 0.5) is 10.1 Å². The number of carbonyl (C=O) groups excluding carboxylic acids is 2. The number of nitrogens with one attached hydrogen (secondary N) is 1. The highest BCUT2D eigenvalue weighted by Crippen LogP contribution is 2.31. The molecule has 4 rings (SSSR count). The number of hydrogen-bond donors (Lipinski definition) is 1. The highest BCUT2D eigenvalue weighted by molar-refractivity contribution is 6.36. The molecule has 0 bridgehead atoms. The molecule has 3 aromatic carbocycles. The normalized spacial score (nSPS) is 13.6. The first kappa shape index (κ1) is 22.3. The number of imide groups is 1. The molecule has 168 valence electrons. The maximum atomic E-state index is 13.5. The molecule has 0 aromatic heterocycles. The number of amides is 2. The van der Waals surface area contributed by atoms with Crippen LogP contribution in [0.5, 0.6) is 5.75 Å². The van der Waals surface area contributed by atoms with Gasteiger partial charge in [-0.25, -0.2) is 4.39 Å². The van der Waals surface area contributed by atoms with Gasteiger partial charge in [-0.05, 0) is 78.9 Å². The fourth-order valence-electron chi connectivity index (χ4n) is 3.78. The molecule has 33 heavy (non-hydrogen) atoms. The fourth-order valence-corrected chi connectivity index (χ4v) is 3.78. The van der Waals surface area contributed by atoms with Crippen molar-refractivity contribution < 1.29 is 18.7 Å². The number of aryl methyl sites for hydroxylation is 2. The predicted molar refractivity (Wildman–Crippen MR) is 126 cm³/mol. The molecule has 0 fully saturated rings. The first-order valence-corrected chi connectivity index (χ1v) is 10.7. The van der Waals surface area contributed by atoms with Crippen molar-refractivity contribution in [2.24, 2.45) is 0 Å². The Bertz CT molecular complexity index is 1230. The van der Waals surface area contributed by atoms with E-state index >= 15 is 0 Å². The molecule has 0 spiro atoms. The molecule has 0 saturated carbocycles. The Hall–Kier alpha value is -3.93. The molecule has 3 aromatic rings. The molecule has 1 aliphatic heterocycles. The van der Waals surface area contributed by atoms with E-state index < -0.39 is 17.6 Å². The van der Waals surface area contributed by atoms with Crippen LogP contribution in [-0.2, 0) is 16.0 Å². The highest BCUT2D eigenvalue weighted by atomic mass is 19.1. The molecule has 1 N–H and O–H groups in total. The Morgan fingerprint density at radius 1 is 0.879 bits per heavy atom. The number of methoxy groups -OCH3 is 1. The monoisotopic (exact) mass is 444 g/mol. The van der Waals surface area contributed by atoms with E-state index in [2.05, 4.69) is 5.32 Å².